The van der Waals surface area contributed by atoms with E-state index in [0.29, 0.717) is 6.61 Å². The molecule has 0 amide bonds. The summed E-state index contributed by atoms with van der Waals surface area (Å²) in [7, 11) is 0. The minimum Gasteiger partial charge on any atom is -0.490 e. The quantitative estimate of drug-likeness (QED) is 0.610. The summed E-state index contributed by atoms with van der Waals surface area (Å²) in [5.41, 5.74) is 1.84. The molecule has 0 radical (unpaired) electrons. The molecule has 1 aromatic rings. The van der Waals surface area contributed by atoms with Gasteiger partial charge in [0.05, 0.1) is 0 Å². The SMILES string of the molecule is C=CCOc1ccc(/C=C/C(=O)O)c(C)c1. The van der Waals surface area contributed by atoms with E-state index in [1.807, 2.05) is 19.1 Å². The Morgan fingerprint density at radius 1 is 1.56 bits per heavy atom. The Morgan fingerprint density at radius 3 is 2.88 bits per heavy atom. The smallest absolute Gasteiger partial charge is 0.328 e. The van der Waals surface area contributed by atoms with Crippen LogP contribution < -0.4 is 4.74 Å². The molecule has 0 aliphatic rings. The van der Waals surface area contributed by atoms with Gasteiger partial charge in [-0.15, -0.1) is 0 Å². The normalized spacial score (nSPS) is 10.3. The highest BCUT2D eigenvalue weighted by Crippen LogP contribution is 2.18. The van der Waals surface area contributed by atoms with E-state index in [4.69, 9.17) is 9.84 Å². The summed E-state index contributed by atoms with van der Waals surface area (Å²) < 4.78 is 5.36. The molecular weight excluding hydrogens is 204 g/mol. The van der Waals surface area contributed by atoms with Crippen LogP contribution >= 0.6 is 0 Å². The van der Waals surface area contributed by atoms with Gasteiger partial charge in [0, 0.05) is 6.08 Å². The first kappa shape index (κ1) is 12.0. The lowest BCUT2D eigenvalue weighted by molar-refractivity contribution is -0.131. The zero-order valence-electron chi connectivity index (χ0n) is 9.14. The van der Waals surface area contributed by atoms with Crippen molar-refractivity contribution >= 4 is 12.0 Å². The molecule has 0 aliphatic carbocycles. The number of ether oxygens (including phenoxy) is 1. The molecule has 3 heteroatoms. The van der Waals surface area contributed by atoms with Gasteiger partial charge in [-0.3, -0.25) is 0 Å². The summed E-state index contributed by atoms with van der Waals surface area (Å²) in [6, 6.07) is 5.50. The summed E-state index contributed by atoms with van der Waals surface area (Å²) in [5, 5.41) is 8.51. The van der Waals surface area contributed by atoms with Crippen LogP contribution in [0, 0.1) is 6.92 Å². The number of carboxylic acid groups (broad SMARTS) is 1. The van der Waals surface area contributed by atoms with E-state index in [-0.39, 0.29) is 0 Å². The Balaban J connectivity index is 2.82. The van der Waals surface area contributed by atoms with Gasteiger partial charge in [-0.05, 0) is 36.3 Å². The second-order valence-electron chi connectivity index (χ2n) is 3.29. The molecule has 0 aliphatic heterocycles. The number of benzene rings is 1. The summed E-state index contributed by atoms with van der Waals surface area (Å²) in [6.07, 6.45) is 4.36. The Morgan fingerprint density at radius 2 is 2.31 bits per heavy atom. The number of aliphatic carboxylic acids is 1. The molecule has 0 fully saturated rings. The highest BCUT2D eigenvalue weighted by atomic mass is 16.5. The van der Waals surface area contributed by atoms with E-state index in [0.717, 1.165) is 23.0 Å². The fourth-order valence-corrected chi connectivity index (χ4v) is 1.24. The monoisotopic (exact) mass is 218 g/mol. The third kappa shape index (κ3) is 3.61. The van der Waals surface area contributed by atoms with Crippen molar-refractivity contribution in [2.45, 2.75) is 6.92 Å². The van der Waals surface area contributed by atoms with Crippen LogP contribution in [0.15, 0.2) is 36.9 Å². The van der Waals surface area contributed by atoms with Gasteiger partial charge in [-0.25, -0.2) is 4.79 Å². The first-order valence-electron chi connectivity index (χ1n) is 4.89. The Labute approximate surface area is 94.7 Å². The van der Waals surface area contributed by atoms with Crippen LogP contribution in [0.2, 0.25) is 0 Å². The highest BCUT2D eigenvalue weighted by molar-refractivity contribution is 5.85. The van der Waals surface area contributed by atoms with E-state index in [9.17, 15) is 4.79 Å². The van der Waals surface area contributed by atoms with E-state index < -0.39 is 5.97 Å². The molecule has 0 aromatic heterocycles. The molecule has 0 bridgehead atoms. The molecule has 0 unspecified atom stereocenters. The number of carboxylic acids is 1. The topological polar surface area (TPSA) is 46.5 Å². The summed E-state index contributed by atoms with van der Waals surface area (Å²) >= 11 is 0. The Hall–Kier alpha value is -2.03. The largest absolute Gasteiger partial charge is 0.490 e. The van der Waals surface area contributed by atoms with Crippen molar-refractivity contribution in [2.75, 3.05) is 6.61 Å². The third-order valence-corrected chi connectivity index (χ3v) is 2.01. The lowest BCUT2D eigenvalue weighted by atomic mass is 10.1. The van der Waals surface area contributed by atoms with Crippen molar-refractivity contribution in [1.29, 1.82) is 0 Å². The minimum absolute atomic E-state index is 0.462. The molecule has 0 saturated heterocycles. The van der Waals surface area contributed by atoms with E-state index in [2.05, 4.69) is 6.58 Å². The standard InChI is InChI=1S/C13H14O3/c1-3-8-16-12-6-4-11(10(2)9-12)5-7-13(14)15/h3-7,9H,1,8H2,2H3,(H,14,15)/b7-5+. The average Bonchev–Trinajstić information content (AvgIpc) is 2.24. The molecule has 0 spiro atoms. The van der Waals surface area contributed by atoms with Gasteiger partial charge in [0.1, 0.15) is 12.4 Å². The van der Waals surface area contributed by atoms with Crippen molar-refractivity contribution in [1.82, 2.24) is 0 Å². The van der Waals surface area contributed by atoms with Gasteiger partial charge in [0.15, 0.2) is 0 Å². The fourth-order valence-electron chi connectivity index (χ4n) is 1.24. The number of carbonyl (C=O) groups is 1. The number of aryl methyl sites for hydroxylation is 1. The maximum Gasteiger partial charge on any atom is 0.328 e. The molecule has 84 valence electrons. The first-order chi connectivity index (χ1) is 7.63. The molecule has 1 N–H and O–H groups in total. The van der Waals surface area contributed by atoms with Crippen molar-refractivity contribution < 1.29 is 14.6 Å². The molecular formula is C13H14O3. The zero-order valence-corrected chi connectivity index (χ0v) is 9.14. The molecule has 16 heavy (non-hydrogen) atoms. The Kier molecular flexibility index (Phi) is 4.33. The minimum atomic E-state index is -0.952. The van der Waals surface area contributed by atoms with Gasteiger partial charge in [0.25, 0.3) is 0 Å². The zero-order chi connectivity index (χ0) is 12.0. The van der Waals surface area contributed by atoms with Gasteiger partial charge < -0.3 is 9.84 Å². The van der Waals surface area contributed by atoms with Gasteiger partial charge >= 0.3 is 5.97 Å². The Bertz CT molecular complexity index is 419. The van der Waals surface area contributed by atoms with Crippen LogP contribution in [-0.4, -0.2) is 17.7 Å². The second kappa shape index (κ2) is 5.75. The van der Waals surface area contributed by atoms with Crippen LogP contribution in [-0.2, 0) is 4.79 Å². The van der Waals surface area contributed by atoms with Gasteiger partial charge in [-0.2, -0.15) is 0 Å². The summed E-state index contributed by atoms with van der Waals surface area (Å²) in [6.45, 7) is 5.93. The lowest BCUT2D eigenvalue weighted by Crippen LogP contribution is -1.94. The first-order valence-corrected chi connectivity index (χ1v) is 4.89. The van der Waals surface area contributed by atoms with E-state index >= 15 is 0 Å². The van der Waals surface area contributed by atoms with Crippen LogP contribution in [0.1, 0.15) is 11.1 Å². The van der Waals surface area contributed by atoms with Gasteiger partial charge in [-0.1, -0.05) is 18.7 Å². The highest BCUT2D eigenvalue weighted by Gasteiger charge is 1.98. The summed E-state index contributed by atoms with van der Waals surface area (Å²) in [4.78, 5) is 10.4. The molecule has 0 atom stereocenters. The number of hydrogen-bond donors (Lipinski definition) is 1. The second-order valence-corrected chi connectivity index (χ2v) is 3.29. The maximum absolute atomic E-state index is 10.4. The molecule has 1 rings (SSSR count). The van der Waals surface area contributed by atoms with E-state index in [1.54, 1.807) is 18.2 Å². The maximum atomic E-state index is 10.4. The molecule has 0 heterocycles. The molecule has 1 aromatic carbocycles. The van der Waals surface area contributed by atoms with Crippen LogP contribution in [0.4, 0.5) is 0 Å². The van der Waals surface area contributed by atoms with Gasteiger partial charge in [0.2, 0.25) is 0 Å². The van der Waals surface area contributed by atoms with Crippen molar-refractivity contribution in [2.24, 2.45) is 0 Å². The van der Waals surface area contributed by atoms with Crippen molar-refractivity contribution in [3.8, 4) is 5.75 Å². The van der Waals surface area contributed by atoms with Crippen LogP contribution in [0.25, 0.3) is 6.08 Å². The summed E-state index contributed by atoms with van der Waals surface area (Å²) in [5.74, 6) is -0.198. The predicted octanol–water partition coefficient (Wildman–Crippen LogP) is 2.66. The van der Waals surface area contributed by atoms with Crippen LogP contribution in [0.5, 0.6) is 5.75 Å². The fraction of sp³-hybridized carbons (Fsp3) is 0.154. The number of rotatable bonds is 5. The van der Waals surface area contributed by atoms with Crippen LogP contribution in [0.3, 0.4) is 0 Å². The van der Waals surface area contributed by atoms with Crippen molar-refractivity contribution in [3.05, 3.63) is 48.1 Å². The number of hydrogen-bond acceptors (Lipinski definition) is 2. The average molecular weight is 218 g/mol. The third-order valence-electron chi connectivity index (χ3n) is 2.01. The molecule has 0 saturated carbocycles. The predicted molar refractivity (Wildman–Crippen MR) is 63.5 cm³/mol. The van der Waals surface area contributed by atoms with Crippen molar-refractivity contribution in [3.63, 3.8) is 0 Å². The molecule has 3 nitrogen and oxygen atoms in total. The van der Waals surface area contributed by atoms with E-state index in [1.165, 1.54) is 0 Å². The lowest BCUT2D eigenvalue weighted by Gasteiger charge is -2.06.